The van der Waals surface area contributed by atoms with E-state index in [1.807, 2.05) is 0 Å². The number of H-pyrrole nitrogens is 1. The highest BCUT2D eigenvalue weighted by Crippen LogP contribution is 2.30. The van der Waals surface area contributed by atoms with Gasteiger partial charge in [-0.1, -0.05) is 18.2 Å². The lowest BCUT2D eigenvalue weighted by Crippen LogP contribution is -2.29. The highest BCUT2D eigenvalue weighted by atomic mass is 19.4. The van der Waals surface area contributed by atoms with Gasteiger partial charge in [0.1, 0.15) is 5.82 Å². The van der Waals surface area contributed by atoms with Gasteiger partial charge in [-0.2, -0.15) is 26.3 Å². The van der Waals surface area contributed by atoms with Gasteiger partial charge in [-0.05, 0) is 30.5 Å². The van der Waals surface area contributed by atoms with Gasteiger partial charge in [0, 0.05) is 43.2 Å². The van der Waals surface area contributed by atoms with E-state index in [0.717, 1.165) is 34.9 Å². The number of carbonyl (C=O) groups excluding carboxylic acids is 1. The minimum atomic E-state index is -4.56. The van der Waals surface area contributed by atoms with Gasteiger partial charge >= 0.3 is 12.4 Å². The quantitative estimate of drug-likeness (QED) is 0.421. The lowest BCUT2D eigenvalue weighted by Gasteiger charge is -2.14. The van der Waals surface area contributed by atoms with Crippen molar-refractivity contribution in [3.05, 3.63) is 86.3 Å². The monoisotopic (exact) mass is 513 g/mol. The van der Waals surface area contributed by atoms with Crippen molar-refractivity contribution in [1.29, 1.82) is 0 Å². The summed E-state index contributed by atoms with van der Waals surface area (Å²) < 4.78 is 77.5. The summed E-state index contributed by atoms with van der Waals surface area (Å²) >= 11 is 0. The third-order valence-corrected chi connectivity index (χ3v) is 5.33. The first-order valence-electron chi connectivity index (χ1n) is 10.9. The number of hydrogen-bond acceptors (Lipinski definition) is 4. The Kier molecular flexibility index (Phi) is 8.16. The molecule has 6 nitrogen and oxygen atoms in total. The molecule has 0 radical (unpaired) electrons. The van der Waals surface area contributed by atoms with Crippen LogP contribution in [0.25, 0.3) is 11.3 Å². The first-order valence-corrected chi connectivity index (χ1v) is 10.9. The molecular weight excluding hydrogens is 492 g/mol. The molecule has 3 rings (SSSR count). The smallest absolute Gasteiger partial charge is 0.329 e. The fourth-order valence-electron chi connectivity index (χ4n) is 3.48. The molecule has 0 atom stereocenters. The molecule has 0 unspecified atom stereocenters. The van der Waals surface area contributed by atoms with Crippen molar-refractivity contribution in [2.24, 2.45) is 0 Å². The number of aryl methyl sites for hydroxylation is 2. The molecule has 36 heavy (non-hydrogen) atoms. The van der Waals surface area contributed by atoms with Crippen molar-refractivity contribution in [3.63, 3.8) is 0 Å². The first kappa shape index (κ1) is 26.9. The van der Waals surface area contributed by atoms with Crippen LogP contribution in [0.3, 0.4) is 0 Å². The molecule has 12 heteroatoms. The summed E-state index contributed by atoms with van der Waals surface area (Å²) in [5, 5.41) is 0. The Bertz CT molecular complexity index is 1300. The van der Waals surface area contributed by atoms with Gasteiger partial charge in [0.05, 0.1) is 17.8 Å². The molecule has 0 saturated heterocycles. The number of carbonyl (C=O) groups is 1. The van der Waals surface area contributed by atoms with Crippen LogP contribution < -0.4 is 11.1 Å². The lowest BCUT2D eigenvalue weighted by atomic mass is 10.1. The van der Waals surface area contributed by atoms with Crippen molar-refractivity contribution in [1.82, 2.24) is 14.5 Å². The van der Waals surface area contributed by atoms with E-state index in [9.17, 15) is 40.7 Å². The normalized spacial score (nSPS) is 12.1. The van der Waals surface area contributed by atoms with Gasteiger partial charge < -0.3 is 4.98 Å². The molecule has 0 aliphatic heterocycles. The van der Waals surface area contributed by atoms with Crippen LogP contribution in [0.5, 0.6) is 0 Å². The second-order valence-corrected chi connectivity index (χ2v) is 8.13. The van der Waals surface area contributed by atoms with E-state index in [4.69, 9.17) is 0 Å². The van der Waals surface area contributed by atoms with Crippen LogP contribution in [0.2, 0.25) is 0 Å². The van der Waals surface area contributed by atoms with Gasteiger partial charge in [0.15, 0.2) is 5.78 Å². The van der Waals surface area contributed by atoms with Crippen LogP contribution in [0.15, 0.2) is 58.3 Å². The van der Waals surface area contributed by atoms with Gasteiger partial charge in [-0.15, -0.1) is 0 Å². The maximum Gasteiger partial charge on any atom is 0.416 e. The molecule has 0 aliphatic carbocycles. The van der Waals surface area contributed by atoms with E-state index in [2.05, 4.69) is 9.97 Å². The maximum absolute atomic E-state index is 12.8. The van der Waals surface area contributed by atoms with E-state index < -0.39 is 42.9 Å². The van der Waals surface area contributed by atoms with Crippen LogP contribution in [0, 0.1) is 0 Å². The molecule has 0 spiro atoms. The summed E-state index contributed by atoms with van der Waals surface area (Å²) in [6.07, 6.45) is -9.06. The fraction of sp³-hybridized carbons (Fsp3) is 0.333. The third-order valence-electron chi connectivity index (χ3n) is 5.33. The van der Waals surface area contributed by atoms with Crippen molar-refractivity contribution < 1.29 is 31.1 Å². The van der Waals surface area contributed by atoms with Crippen LogP contribution in [-0.2, 0) is 30.4 Å². The topological polar surface area (TPSA) is 84.8 Å². The van der Waals surface area contributed by atoms with Crippen LogP contribution in [0.4, 0.5) is 26.3 Å². The summed E-state index contributed by atoms with van der Waals surface area (Å²) in [6.45, 7) is -0.427. The Morgan fingerprint density at radius 3 is 2.22 bits per heavy atom. The number of Topliss-reactive ketones (excluding diaryl/α,β-unsaturated/α-hetero) is 1. The van der Waals surface area contributed by atoms with Crippen molar-refractivity contribution in [2.75, 3.05) is 0 Å². The number of pyridine rings is 1. The number of nitrogens with zero attached hydrogens (tertiary/aromatic N) is 2. The van der Waals surface area contributed by atoms with Crippen LogP contribution in [0.1, 0.15) is 36.2 Å². The zero-order valence-electron chi connectivity index (χ0n) is 18.7. The van der Waals surface area contributed by atoms with Gasteiger partial charge in [0.25, 0.3) is 5.56 Å². The van der Waals surface area contributed by atoms with E-state index in [0.29, 0.717) is 5.56 Å². The average Bonchev–Trinajstić information content (AvgIpc) is 2.79. The predicted octanol–water partition coefficient (Wildman–Crippen LogP) is 4.70. The molecule has 0 amide bonds. The van der Waals surface area contributed by atoms with Gasteiger partial charge in [0.2, 0.25) is 5.56 Å². The summed E-state index contributed by atoms with van der Waals surface area (Å²) in [5.41, 5.74) is -1.07. The lowest BCUT2D eigenvalue weighted by molar-refractivity contribution is -0.137. The second kappa shape index (κ2) is 10.9. The van der Waals surface area contributed by atoms with Crippen LogP contribution >= 0.6 is 0 Å². The molecule has 0 aliphatic rings. The molecule has 3 aromatic rings. The van der Waals surface area contributed by atoms with E-state index in [1.165, 1.54) is 12.3 Å². The molecule has 0 bridgehead atoms. The Labute approximate surface area is 200 Å². The number of hydrogen-bond donors (Lipinski definition) is 1. The van der Waals surface area contributed by atoms with E-state index in [-0.39, 0.29) is 47.7 Å². The van der Waals surface area contributed by atoms with Gasteiger partial charge in [-0.25, -0.2) is 4.98 Å². The second-order valence-electron chi connectivity index (χ2n) is 8.13. The largest absolute Gasteiger partial charge is 0.416 e. The highest BCUT2D eigenvalue weighted by Gasteiger charge is 2.30. The Morgan fingerprint density at radius 2 is 1.64 bits per heavy atom. The van der Waals surface area contributed by atoms with Gasteiger partial charge in [-0.3, -0.25) is 19.0 Å². The molecular formula is C24H21F6N3O3. The minimum Gasteiger partial charge on any atom is -0.329 e. The van der Waals surface area contributed by atoms with E-state index >= 15 is 0 Å². The zero-order chi connectivity index (χ0) is 26.5. The number of ketones is 1. The predicted molar refractivity (Wildman–Crippen MR) is 118 cm³/mol. The van der Waals surface area contributed by atoms with E-state index in [1.54, 1.807) is 6.07 Å². The molecule has 2 aromatic heterocycles. The molecule has 2 heterocycles. The maximum atomic E-state index is 12.8. The Balaban J connectivity index is 1.85. The summed E-state index contributed by atoms with van der Waals surface area (Å²) in [7, 11) is 0. The number of rotatable bonds is 9. The molecule has 1 N–H and O–H groups in total. The molecule has 0 saturated carbocycles. The zero-order valence-corrected chi connectivity index (χ0v) is 18.7. The van der Waals surface area contributed by atoms with Crippen molar-refractivity contribution in [3.8, 4) is 11.3 Å². The number of benzene rings is 1. The Hall–Kier alpha value is -3.70. The van der Waals surface area contributed by atoms with Crippen molar-refractivity contribution in [2.45, 2.75) is 51.0 Å². The summed E-state index contributed by atoms with van der Waals surface area (Å²) in [5.74, 6) is -0.455. The minimum absolute atomic E-state index is 0.00112. The third kappa shape index (κ3) is 7.65. The molecule has 0 fully saturated rings. The number of nitrogens with one attached hydrogen (secondary N) is 1. The van der Waals surface area contributed by atoms with Crippen molar-refractivity contribution >= 4 is 5.78 Å². The number of aromatic amines is 1. The number of halogens is 6. The molecule has 1 aromatic carbocycles. The first-order chi connectivity index (χ1) is 16.8. The number of aromatic nitrogens is 3. The number of alkyl halides is 6. The standard InChI is InChI=1S/C24H21F6N3O3/c25-23(26,27)11-1-2-20-32-19(16-5-7-17(8-6-16)24(28,29)30)12-22(36)33(20)14-18(34)9-3-15-4-10-21(35)31-13-15/h4-8,10,12-13H,1-3,9,11,14H2,(H,31,35). The summed E-state index contributed by atoms with van der Waals surface area (Å²) in [4.78, 5) is 43.1. The fourth-order valence-corrected chi connectivity index (χ4v) is 3.48. The Morgan fingerprint density at radius 1 is 0.944 bits per heavy atom. The molecule has 192 valence electrons. The average molecular weight is 513 g/mol. The SMILES string of the molecule is O=C(CCc1ccc(=O)[nH]c1)Cn1c(CCCC(F)(F)F)nc(-c2ccc(C(F)(F)F)cc2)cc1=O. The summed E-state index contributed by atoms with van der Waals surface area (Å²) in [6, 6.07) is 7.73. The van der Waals surface area contributed by atoms with Crippen LogP contribution in [-0.4, -0.2) is 26.5 Å². The highest BCUT2D eigenvalue weighted by molar-refractivity contribution is 5.78.